The van der Waals surface area contributed by atoms with Gasteiger partial charge in [0.15, 0.2) is 0 Å². The monoisotopic (exact) mass is 266 g/mol. The van der Waals surface area contributed by atoms with Crippen molar-refractivity contribution in [2.75, 3.05) is 39.3 Å². The molecule has 19 heavy (non-hydrogen) atoms. The van der Waals surface area contributed by atoms with E-state index in [0.29, 0.717) is 0 Å². The van der Waals surface area contributed by atoms with E-state index in [4.69, 9.17) is 0 Å². The summed E-state index contributed by atoms with van der Waals surface area (Å²) in [6.07, 6.45) is 8.03. The molecule has 0 unspecified atom stereocenters. The highest BCUT2D eigenvalue weighted by atomic mass is 16.2. The van der Waals surface area contributed by atoms with Crippen molar-refractivity contribution >= 4 is 6.03 Å². The maximum atomic E-state index is 11.6. The Bertz CT molecular complexity index is 303. The molecule has 1 saturated carbocycles. The number of nitrogens with one attached hydrogen (secondary N) is 3. The van der Waals surface area contributed by atoms with Crippen LogP contribution >= 0.6 is 0 Å². The van der Waals surface area contributed by atoms with Crippen LogP contribution in [-0.2, 0) is 0 Å². The molecule has 2 aliphatic rings. The molecule has 2 fully saturated rings. The van der Waals surface area contributed by atoms with E-state index in [1.807, 2.05) is 6.20 Å². The summed E-state index contributed by atoms with van der Waals surface area (Å²) in [6, 6.07) is -0.0757. The molecule has 3 N–H and O–H groups in total. The zero-order valence-electron chi connectivity index (χ0n) is 11.7. The first kappa shape index (κ1) is 14.3. The van der Waals surface area contributed by atoms with Gasteiger partial charge in [0.2, 0.25) is 0 Å². The molecule has 5 nitrogen and oxygen atoms in total. The van der Waals surface area contributed by atoms with Crippen LogP contribution in [0.3, 0.4) is 0 Å². The molecule has 0 atom stereocenters. The standard InChI is InChI=1S/C14H26N4O/c19-14(17-12-13-4-2-1-3-5-13)16-8-11-18-9-6-15-7-10-18/h12,15H,1-11H2,(H2,16,17,19). The Kier molecular flexibility index (Phi) is 6.17. The predicted molar refractivity (Wildman–Crippen MR) is 77.0 cm³/mol. The number of hydrogen-bond donors (Lipinski definition) is 3. The molecule has 1 heterocycles. The van der Waals surface area contributed by atoms with Crippen molar-refractivity contribution in [1.29, 1.82) is 0 Å². The van der Waals surface area contributed by atoms with Crippen LogP contribution < -0.4 is 16.0 Å². The molecule has 0 radical (unpaired) electrons. The maximum absolute atomic E-state index is 11.6. The number of urea groups is 1. The molecule has 108 valence electrons. The first-order chi connectivity index (χ1) is 9.34. The molecule has 0 spiro atoms. The Labute approximate surface area is 115 Å². The number of nitrogens with zero attached hydrogens (tertiary/aromatic N) is 1. The second-order valence-corrected chi connectivity index (χ2v) is 5.36. The van der Waals surface area contributed by atoms with Gasteiger partial charge >= 0.3 is 6.03 Å². The minimum atomic E-state index is -0.0757. The van der Waals surface area contributed by atoms with Crippen molar-refractivity contribution in [2.24, 2.45) is 0 Å². The highest BCUT2D eigenvalue weighted by Gasteiger charge is 2.09. The topological polar surface area (TPSA) is 56.4 Å². The lowest BCUT2D eigenvalue weighted by Crippen LogP contribution is -2.46. The van der Waals surface area contributed by atoms with Gasteiger partial charge in [-0.2, -0.15) is 0 Å². The van der Waals surface area contributed by atoms with Crippen molar-refractivity contribution in [2.45, 2.75) is 32.1 Å². The molecule has 2 rings (SSSR count). The van der Waals surface area contributed by atoms with E-state index < -0.39 is 0 Å². The fourth-order valence-corrected chi connectivity index (χ4v) is 2.63. The van der Waals surface area contributed by atoms with Crippen LogP contribution in [0.2, 0.25) is 0 Å². The van der Waals surface area contributed by atoms with Crippen LogP contribution in [0.4, 0.5) is 4.79 Å². The largest absolute Gasteiger partial charge is 0.337 e. The number of carbonyl (C=O) groups excluding carboxylic acids is 1. The summed E-state index contributed by atoms with van der Waals surface area (Å²) in [5.41, 5.74) is 1.38. The molecule has 0 bridgehead atoms. The molecule has 1 aliphatic carbocycles. The quantitative estimate of drug-likeness (QED) is 0.712. The van der Waals surface area contributed by atoms with Crippen LogP contribution in [0.25, 0.3) is 0 Å². The van der Waals surface area contributed by atoms with E-state index in [9.17, 15) is 4.79 Å². The molecular weight excluding hydrogens is 240 g/mol. The maximum Gasteiger partial charge on any atom is 0.318 e. The fourth-order valence-electron chi connectivity index (χ4n) is 2.63. The number of rotatable bonds is 4. The van der Waals surface area contributed by atoms with Gasteiger partial charge in [0.1, 0.15) is 0 Å². The van der Waals surface area contributed by atoms with E-state index in [-0.39, 0.29) is 6.03 Å². The highest BCUT2D eigenvalue weighted by molar-refractivity contribution is 5.74. The first-order valence-electron chi connectivity index (χ1n) is 7.50. The lowest BCUT2D eigenvalue weighted by atomic mass is 9.96. The second-order valence-electron chi connectivity index (χ2n) is 5.36. The van der Waals surface area contributed by atoms with Crippen LogP contribution in [0.5, 0.6) is 0 Å². The van der Waals surface area contributed by atoms with Gasteiger partial charge in [-0.1, -0.05) is 12.0 Å². The van der Waals surface area contributed by atoms with Crippen molar-refractivity contribution in [3.63, 3.8) is 0 Å². The summed E-state index contributed by atoms with van der Waals surface area (Å²) in [5.74, 6) is 0. The van der Waals surface area contributed by atoms with Crippen molar-refractivity contribution in [3.05, 3.63) is 11.8 Å². The van der Waals surface area contributed by atoms with Crippen LogP contribution in [-0.4, -0.2) is 50.2 Å². The summed E-state index contributed by atoms with van der Waals surface area (Å²) in [6.45, 7) is 5.91. The SMILES string of the molecule is O=C(NC=C1CCCCC1)NCCN1CCNCC1. The Morgan fingerprint density at radius 1 is 1.21 bits per heavy atom. The summed E-state index contributed by atoms with van der Waals surface area (Å²) in [5, 5.41) is 9.08. The summed E-state index contributed by atoms with van der Waals surface area (Å²) in [4.78, 5) is 14.0. The average Bonchev–Trinajstić information content (AvgIpc) is 2.47. The third kappa shape index (κ3) is 5.61. The average molecular weight is 266 g/mol. The van der Waals surface area contributed by atoms with Gasteiger partial charge in [-0.25, -0.2) is 4.79 Å². The van der Waals surface area contributed by atoms with Gasteiger partial charge < -0.3 is 16.0 Å². The van der Waals surface area contributed by atoms with Gasteiger partial charge in [-0.3, -0.25) is 4.90 Å². The molecule has 0 aromatic rings. The summed E-state index contributed by atoms with van der Waals surface area (Å²) in [7, 11) is 0. The van der Waals surface area contributed by atoms with Crippen molar-refractivity contribution in [1.82, 2.24) is 20.9 Å². The van der Waals surface area contributed by atoms with E-state index in [0.717, 1.165) is 52.1 Å². The molecule has 1 saturated heterocycles. The number of piperazine rings is 1. The van der Waals surface area contributed by atoms with Crippen LogP contribution in [0, 0.1) is 0 Å². The molecule has 1 aliphatic heterocycles. The fraction of sp³-hybridized carbons (Fsp3) is 0.786. The minimum Gasteiger partial charge on any atom is -0.337 e. The number of hydrogen-bond acceptors (Lipinski definition) is 3. The lowest BCUT2D eigenvalue weighted by Gasteiger charge is -2.27. The Morgan fingerprint density at radius 3 is 2.68 bits per heavy atom. The summed E-state index contributed by atoms with van der Waals surface area (Å²) >= 11 is 0. The smallest absolute Gasteiger partial charge is 0.318 e. The van der Waals surface area contributed by atoms with Gasteiger partial charge in [0.05, 0.1) is 0 Å². The van der Waals surface area contributed by atoms with Crippen molar-refractivity contribution < 1.29 is 4.79 Å². The predicted octanol–water partition coefficient (Wildman–Crippen LogP) is 1.04. The van der Waals surface area contributed by atoms with Crippen molar-refractivity contribution in [3.8, 4) is 0 Å². The number of carbonyl (C=O) groups is 1. The molecule has 0 aromatic carbocycles. The zero-order valence-corrected chi connectivity index (χ0v) is 11.7. The lowest BCUT2D eigenvalue weighted by molar-refractivity contribution is 0.229. The normalized spacial score (nSPS) is 20.9. The highest BCUT2D eigenvalue weighted by Crippen LogP contribution is 2.21. The van der Waals surface area contributed by atoms with Gasteiger partial charge in [-0.15, -0.1) is 0 Å². The Balaban J connectivity index is 1.56. The van der Waals surface area contributed by atoms with Gasteiger partial charge in [0.25, 0.3) is 0 Å². The first-order valence-corrected chi connectivity index (χ1v) is 7.50. The second kappa shape index (κ2) is 8.17. The van der Waals surface area contributed by atoms with Crippen LogP contribution in [0.1, 0.15) is 32.1 Å². The Hall–Kier alpha value is -1.07. The third-order valence-corrected chi connectivity index (χ3v) is 3.83. The zero-order chi connectivity index (χ0) is 13.3. The summed E-state index contributed by atoms with van der Waals surface area (Å²) < 4.78 is 0. The van der Waals surface area contributed by atoms with Gasteiger partial charge in [-0.05, 0) is 25.7 Å². The van der Waals surface area contributed by atoms with E-state index in [2.05, 4.69) is 20.9 Å². The van der Waals surface area contributed by atoms with Gasteiger partial charge in [0, 0.05) is 45.5 Å². The van der Waals surface area contributed by atoms with Crippen LogP contribution in [0.15, 0.2) is 11.8 Å². The minimum absolute atomic E-state index is 0.0757. The Morgan fingerprint density at radius 2 is 1.95 bits per heavy atom. The molecule has 0 aromatic heterocycles. The van der Waals surface area contributed by atoms with E-state index >= 15 is 0 Å². The molecule has 5 heteroatoms. The number of allylic oxidation sites excluding steroid dienone is 1. The molecular formula is C14H26N4O. The number of amides is 2. The van der Waals surface area contributed by atoms with E-state index in [1.54, 1.807) is 0 Å². The van der Waals surface area contributed by atoms with E-state index in [1.165, 1.54) is 24.8 Å². The third-order valence-electron chi connectivity index (χ3n) is 3.83. The molecule has 2 amide bonds.